The van der Waals surface area contributed by atoms with Crippen LogP contribution < -0.4 is 4.74 Å². The molecule has 1 aromatic heterocycles. The second kappa shape index (κ2) is 4.04. The summed E-state index contributed by atoms with van der Waals surface area (Å²) in [5.74, 6) is -1.18. The van der Waals surface area contributed by atoms with Crippen molar-refractivity contribution >= 4 is 0 Å². The number of nitrogens with zero attached hydrogens (tertiary/aromatic N) is 2. The van der Waals surface area contributed by atoms with Gasteiger partial charge in [0, 0.05) is 11.8 Å². The van der Waals surface area contributed by atoms with Crippen LogP contribution in [-0.2, 0) is 6.18 Å². The molecule has 0 amide bonds. The van der Waals surface area contributed by atoms with E-state index in [-0.39, 0.29) is 11.8 Å². The van der Waals surface area contributed by atoms with Crippen LogP contribution in [0.25, 0.3) is 0 Å². The Morgan fingerprint density at radius 1 is 1.33 bits per heavy atom. The van der Waals surface area contributed by atoms with Crippen molar-refractivity contribution in [2.24, 2.45) is 0 Å². The molecule has 6 heteroatoms. The smallest absolute Gasteiger partial charge is 0.451 e. The average molecular weight is 220 g/mol. The molecule has 0 aliphatic heterocycles. The van der Waals surface area contributed by atoms with E-state index in [1.807, 2.05) is 13.8 Å². The molecule has 0 aromatic carbocycles. The molecule has 0 atom stereocenters. The molecule has 0 bridgehead atoms. The van der Waals surface area contributed by atoms with E-state index >= 15 is 0 Å². The van der Waals surface area contributed by atoms with Crippen LogP contribution in [-0.4, -0.2) is 17.1 Å². The third-order valence-corrected chi connectivity index (χ3v) is 1.85. The number of hydrogen-bond acceptors (Lipinski definition) is 3. The van der Waals surface area contributed by atoms with Gasteiger partial charge in [0.1, 0.15) is 0 Å². The monoisotopic (exact) mass is 220 g/mol. The topological polar surface area (TPSA) is 35.0 Å². The van der Waals surface area contributed by atoms with Crippen molar-refractivity contribution in [3.8, 4) is 5.88 Å². The Balaban J connectivity index is 3.19. The number of ether oxygens (including phenoxy) is 1. The van der Waals surface area contributed by atoms with Crippen molar-refractivity contribution in [3.63, 3.8) is 0 Å². The lowest BCUT2D eigenvalue weighted by Crippen LogP contribution is -2.13. The fraction of sp³-hybridized carbons (Fsp3) is 0.556. The quantitative estimate of drug-likeness (QED) is 0.768. The molecular formula is C9H11F3N2O. The summed E-state index contributed by atoms with van der Waals surface area (Å²) < 4.78 is 41.6. The lowest BCUT2D eigenvalue weighted by molar-refractivity contribution is -0.145. The van der Waals surface area contributed by atoms with Crippen LogP contribution in [0.3, 0.4) is 0 Å². The molecule has 0 spiro atoms. The summed E-state index contributed by atoms with van der Waals surface area (Å²) in [5, 5.41) is 0. The highest BCUT2D eigenvalue weighted by Crippen LogP contribution is 2.30. The maximum Gasteiger partial charge on any atom is 0.451 e. The summed E-state index contributed by atoms with van der Waals surface area (Å²) in [7, 11) is 1.29. The van der Waals surface area contributed by atoms with E-state index in [1.165, 1.54) is 7.11 Å². The van der Waals surface area contributed by atoms with Crippen molar-refractivity contribution in [1.82, 2.24) is 9.97 Å². The van der Waals surface area contributed by atoms with Gasteiger partial charge in [0.2, 0.25) is 11.7 Å². The second-order valence-electron chi connectivity index (χ2n) is 3.31. The molecule has 15 heavy (non-hydrogen) atoms. The zero-order valence-electron chi connectivity index (χ0n) is 8.59. The Labute approximate surface area is 85.3 Å². The third-order valence-electron chi connectivity index (χ3n) is 1.85. The average Bonchev–Trinajstić information content (AvgIpc) is 2.15. The fourth-order valence-electron chi connectivity index (χ4n) is 1.07. The molecule has 0 saturated carbocycles. The molecule has 0 unspecified atom stereocenters. The van der Waals surface area contributed by atoms with Crippen LogP contribution in [0.5, 0.6) is 5.88 Å². The van der Waals surface area contributed by atoms with Crippen molar-refractivity contribution in [2.45, 2.75) is 25.9 Å². The van der Waals surface area contributed by atoms with E-state index in [2.05, 4.69) is 9.97 Å². The Kier molecular flexibility index (Phi) is 3.16. The highest BCUT2D eigenvalue weighted by Gasteiger charge is 2.35. The van der Waals surface area contributed by atoms with Gasteiger partial charge in [-0.25, -0.2) is 4.98 Å². The highest BCUT2D eigenvalue weighted by atomic mass is 19.4. The predicted octanol–water partition coefficient (Wildman–Crippen LogP) is 2.63. The summed E-state index contributed by atoms with van der Waals surface area (Å²) in [4.78, 5) is 6.59. The lowest BCUT2D eigenvalue weighted by Gasteiger charge is -2.12. The third kappa shape index (κ3) is 2.57. The molecule has 0 aliphatic rings. The Bertz CT molecular complexity index is 350. The standard InChI is InChI=1S/C9H11F3N2O/c1-5(2)6-4-13-8(9(10,11)12)14-7(6)15-3/h4-5H,1-3H3. The number of hydrogen-bond donors (Lipinski definition) is 0. The number of aromatic nitrogens is 2. The van der Waals surface area contributed by atoms with Gasteiger partial charge < -0.3 is 4.74 Å². The van der Waals surface area contributed by atoms with Crippen LogP contribution in [0.15, 0.2) is 6.20 Å². The van der Waals surface area contributed by atoms with Crippen molar-refractivity contribution in [3.05, 3.63) is 17.6 Å². The van der Waals surface area contributed by atoms with Crippen LogP contribution in [0.2, 0.25) is 0 Å². The van der Waals surface area contributed by atoms with Crippen molar-refractivity contribution in [1.29, 1.82) is 0 Å². The molecule has 3 nitrogen and oxygen atoms in total. The van der Waals surface area contributed by atoms with Crippen LogP contribution in [0.1, 0.15) is 31.2 Å². The van der Waals surface area contributed by atoms with Gasteiger partial charge in [-0.15, -0.1) is 0 Å². The minimum atomic E-state index is -4.54. The van der Waals surface area contributed by atoms with E-state index < -0.39 is 12.0 Å². The van der Waals surface area contributed by atoms with Gasteiger partial charge in [-0.2, -0.15) is 18.2 Å². The minimum absolute atomic E-state index is 0.0160. The Morgan fingerprint density at radius 3 is 2.33 bits per heavy atom. The molecular weight excluding hydrogens is 209 g/mol. The van der Waals surface area contributed by atoms with Gasteiger partial charge in [0.05, 0.1) is 7.11 Å². The summed E-state index contributed by atoms with van der Waals surface area (Å²) in [6.45, 7) is 3.66. The molecule has 0 N–H and O–H groups in total. The summed E-state index contributed by atoms with van der Waals surface area (Å²) in [6, 6.07) is 0. The van der Waals surface area contributed by atoms with E-state index in [0.29, 0.717) is 5.56 Å². The van der Waals surface area contributed by atoms with Gasteiger partial charge in [0.15, 0.2) is 0 Å². The second-order valence-corrected chi connectivity index (χ2v) is 3.31. The number of rotatable bonds is 2. The van der Waals surface area contributed by atoms with Crippen molar-refractivity contribution < 1.29 is 17.9 Å². The zero-order chi connectivity index (χ0) is 11.6. The summed E-state index contributed by atoms with van der Waals surface area (Å²) >= 11 is 0. The molecule has 0 radical (unpaired) electrons. The van der Waals surface area contributed by atoms with Gasteiger partial charge in [-0.1, -0.05) is 13.8 Å². The van der Waals surface area contributed by atoms with E-state index in [4.69, 9.17) is 4.74 Å². The molecule has 1 rings (SSSR count). The predicted molar refractivity (Wildman–Crippen MR) is 47.7 cm³/mol. The van der Waals surface area contributed by atoms with E-state index in [0.717, 1.165) is 6.20 Å². The normalized spacial score (nSPS) is 11.9. The largest absolute Gasteiger partial charge is 0.481 e. The number of methoxy groups -OCH3 is 1. The highest BCUT2D eigenvalue weighted by molar-refractivity contribution is 5.27. The first-order valence-corrected chi connectivity index (χ1v) is 4.34. The summed E-state index contributed by atoms with van der Waals surface area (Å²) in [5.41, 5.74) is 0.561. The van der Waals surface area contributed by atoms with E-state index in [9.17, 15) is 13.2 Å². The minimum Gasteiger partial charge on any atom is -0.481 e. The number of alkyl halides is 3. The Hall–Kier alpha value is -1.33. The molecule has 0 saturated heterocycles. The maximum atomic E-state index is 12.3. The summed E-state index contributed by atoms with van der Waals surface area (Å²) in [6.07, 6.45) is -3.39. The van der Waals surface area contributed by atoms with Gasteiger partial charge in [0.25, 0.3) is 0 Å². The van der Waals surface area contributed by atoms with E-state index in [1.54, 1.807) is 0 Å². The lowest BCUT2D eigenvalue weighted by atomic mass is 10.1. The first-order chi connectivity index (χ1) is 6.86. The molecule has 1 heterocycles. The molecule has 0 aliphatic carbocycles. The van der Waals surface area contributed by atoms with Crippen LogP contribution in [0, 0.1) is 0 Å². The van der Waals surface area contributed by atoms with Crippen LogP contribution >= 0.6 is 0 Å². The first kappa shape index (κ1) is 11.7. The molecule has 84 valence electrons. The first-order valence-electron chi connectivity index (χ1n) is 4.34. The van der Waals surface area contributed by atoms with Gasteiger partial charge >= 0.3 is 6.18 Å². The van der Waals surface area contributed by atoms with Crippen molar-refractivity contribution in [2.75, 3.05) is 7.11 Å². The SMILES string of the molecule is COc1nc(C(F)(F)F)ncc1C(C)C. The zero-order valence-corrected chi connectivity index (χ0v) is 8.59. The van der Waals surface area contributed by atoms with Crippen LogP contribution in [0.4, 0.5) is 13.2 Å². The fourth-order valence-corrected chi connectivity index (χ4v) is 1.07. The number of halogens is 3. The maximum absolute atomic E-state index is 12.3. The molecule has 1 aromatic rings. The van der Waals surface area contributed by atoms with Gasteiger partial charge in [-0.3, -0.25) is 0 Å². The Morgan fingerprint density at radius 2 is 1.93 bits per heavy atom. The van der Waals surface area contributed by atoms with Gasteiger partial charge in [-0.05, 0) is 5.92 Å². The molecule has 0 fully saturated rings.